The summed E-state index contributed by atoms with van der Waals surface area (Å²) < 4.78 is 0. The van der Waals surface area contributed by atoms with E-state index in [9.17, 15) is 0 Å². The predicted molar refractivity (Wildman–Crippen MR) is 37.7 cm³/mol. The quantitative estimate of drug-likeness (QED) is 0.600. The molecule has 54 valence electrons. The van der Waals surface area contributed by atoms with Crippen molar-refractivity contribution in [3.05, 3.63) is 21.3 Å². The van der Waals surface area contributed by atoms with Crippen molar-refractivity contribution in [2.75, 3.05) is 0 Å². The van der Waals surface area contributed by atoms with Crippen LogP contribution >= 0.6 is 0 Å². The molecule has 0 nitrogen and oxygen atoms in total. The molecule has 0 saturated heterocycles. The zero-order chi connectivity index (χ0) is 5.41. The molecule has 0 saturated carbocycles. The maximum Gasteiger partial charge on any atom is 0 e. The summed E-state index contributed by atoms with van der Waals surface area (Å²) in [6.45, 7) is 11.0. The second kappa shape index (κ2) is 47.6. The van der Waals surface area contributed by atoms with Crippen molar-refractivity contribution < 1.29 is 21.1 Å². The van der Waals surface area contributed by atoms with Gasteiger partial charge in [-0.25, -0.2) is 0 Å². The Morgan fingerprint density at radius 1 is 1.00 bits per heavy atom. The van der Waals surface area contributed by atoms with E-state index < -0.39 is 0 Å². The van der Waals surface area contributed by atoms with Crippen LogP contribution in [0.3, 0.4) is 0 Å². The summed E-state index contributed by atoms with van der Waals surface area (Å²) in [5, 5.41) is 0. The fraction of sp³-hybridized carbons (Fsp3) is 0.571. The average Bonchev–Trinajstić information content (AvgIpc) is 1.39. The normalized spacial score (nSPS) is 4.50. The summed E-state index contributed by atoms with van der Waals surface area (Å²) in [7, 11) is 0. The topological polar surface area (TPSA) is 0 Å². The Morgan fingerprint density at radius 2 is 1.00 bits per heavy atom. The van der Waals surface area contributed by atoms with E-state index in [4.69, 9.17) is 0 Å². The van der Waals surface area contributed by atoms with E-state index in [1.165, 1.54) is 0 Å². The van der Waals surface area contributed by atoms with Gasteiger partial charge in [-0.3, -0.25) is 0 Å². The molecule has 0 fully saturated rings. The predicted octanol–water partition coefficient (Wildman–Crippen LogP) is 2.91. The molecule has 1 heteroatoms. The van der Waals surface area contributed by atoms with Gasteiger partial charge in [0.2, 0.25) is 0 Å². The zero-order valence-electron chi connectivity index (χ0n) is 6.24. The van der Waals surface area contributed by atoms with Crippen LogP contribution in [0, 0.1) is 21.3 Å². The van der Waals surface area contributed by atoms with Crippen LogP contribution in [0.2, 0.25) is 0 Å². The fourth-order valence-electron chi connectivity index (χ4n) is 0. The summed E-state index contributed by atoms with van der Waals surface area (Å²) >= 11 is 0. The van der Waals surface area contributed by atoms with Crippen LogP contribution in [-0.2, 0) is 21.1 Å². The van der Waals surface area contributed by atoms with Crippen molar-refractivity contribution in [2.24, 2.45) is 0 Å². The van der Waals surface area contributed by atoms with Gasteiger partial charge in [0.15, 0.2) is 0 Å². The van der Waals surface area contributed by atoms with Crippen LogP contribution in [0.5, 0.6) is 0 Å². The molecule has 0 rings (SSSR count). The van der Waals surface area contributed by atoms with Crippen LogP contribution in [0.4, 0.5) is 0 Å². The third kappa shape index (κ3) is 457. The second-order valence-electron chi connectivity index (χ2n) is 1.000. The monoisotopic (exact) mass is 285 g/mol. The van der Waals surface area contributed by atoms with Crippen LogP contribution in [0.15, 0.2) is 0 Å². The smallest absolute Gasteiger partial charge is 0 e. The van der Waals surface area contributed by atoms with E-state index in [0.717, 1.165) is 12.8 Å². The average molecular weight is 285 g/mol. The standard InChI is InChI=1S/2C3H7.CH3.W/c2*1-3-2;;/h2*1,3H2,2H3;1H3;/q3*-1;. The van der Waals surface area contributed by atoms with E-state index >= 15 is 0 Å². The largest absolute Gasteiger partial charge is 0.358 e. The molecule has 0 amide bonds. The number of hydrogen-bond donors (Lipinski definition) is 0. The summed E-state index contributed by atoms with van der Waals surface area (Å²) in [4.78, 5) is 0. The molecule has 0 spiro atoms. The third-order valence-corrected chi connectivity index (χ3v) is 0. The SMILES string of the molecule is [CH2-]CC.[CH2-]CC.[CH3-].[W]. The molecule has 0 atom stereocenters. The van der Waals surface area contributed by atoms with Crippen molar-refractivity contribution >= 4 is 0 Å². The van der Waals surface area contributed by atoms with Gasteiger partial charge in [-0.2, -0.15) is 12.8 Å². The van der Waals surface area contributed by atoms with Gasteiger partial charge in [0, 0.05) is 21.1 Å². The molecule has 0 aliphatic rings. The minimum atomic E-state index is 0. The first-order valence-corrected chi connectivity index (χ1v) is 2.41. The number of rotatable bonds is 0. The van der Waals surface area contributed by atoms with Crippen LogP contribution in [0.25, 0.3) is 0 Å². The molecule has 0 N–H and O–H groups in total. The van der Waals surface area contributed by atoms with Gasteiger partial charge in [-0.05, 0) is 0 Å². The van der Waals surface area contributed by atoms with E-state index in [2.05, 4.69) is 13.8 Å². The molecular weight excluding hydrogens is 268 g/mol. The van der Waals surface area contributed by atoms with Crippen LogP contribution < -0.4 is 0 Å². The molecule has 0 unspecified atom stereocenters. The maximum absolute atomic E-state index is 3.49. The molecular formula is C7H17W-3. The van der Waals surface area contributed by atoms with Gasteiger partial charge in [0.05, 0.1) is 0 Å². The Morgan fingerprint density at radius 3 is 1.00 bits per heavy atom. The first-order chi connectivity index (χ1) is 2.83. The Bertz CT molecular complexity index is 6.35. The van der Waals surface area contributed by atoms with Crippen LogP contribution in [-0.4, -0.2) is 0 Å². The minimum absolute atomic E-state index is 0. The van der Waals surface area contributed by atoms with E-state index in [1.54, 1.807) is 0 Å². The zero-order valence-corrected chi connectivity index (χ0v) is 9.17. The van der Waals surface area contributed by atoms with Gasteiger partial charge in [-0.15, -0.1) is 0 Å². The van der Waals surface area contributed by atoms with Crippen molar-refractivity contribution in [3.63, 3.8) is 0 Å². The maximum atomic E-state index is 3.49. The molecule has 0 aromatic rings. The Kier molecular flexibility index (Phi) is 139. The summed E-state index contributed by atoms with van der Waals surface area (Å²) in [6.07, 6.45) is 2.00. The molecule has 0 aromatic carbocycles. The fourth-order valence-corrected chi connectivity index (χ4v) is 0. The van der Waals surface area contributed by atoms with Crippen molar-refractivity contribution in [2.45, 2.75) is 26.7 Å². The van der Waals surface area contributed by atoms with Gasteiger partial charge >= 0.3 is 0 Å². The molecule has 0 bridgehead atoms. The number of hydrogen-bond acceptors (Lipinski definition) is 0. The molecule has 0 aliphatic heterocycles. The van der Waals surface area contributed by atoms with Crippen molar-refractivity contribution in [1.29, 1.82) is 0 Å². The third-order valence-electron chi connectivity index (χ3n) is 0. The van der Waals surface area contributed by atoms with Gasteiger partial charge < -0.3 is 21.3 Å². The first-order valence-electron chi connectivity index (χ1n) is 2.41. The first kappa shape index (κ1) is 23.4. The minimum Gasteiger partial charge on any atom is -0.358 e. The Labute approximate surface area is 69.3 Å². The summed E-state index contributed by atoms with van der Waals surface area (Å²) in [5.74, 6) is 0. The van der Waals surface area contributed by atoms with Gasteiger partial charge in [0.25, 0.3) is 0 Å². The molecule has 0 aromatic heterocycles. The Hall–Kier alpha value is 0.688. The summed E-state index contributed by atoms with van der Waals surface area (Å²) in [6, 6.07) is 0. The molecule has 8 heavy (non-hydrogen) atoms. The van der Waals surface area contributed by atoms with E-state index in [-0.39, 0.29) is 28.5 Å². The van der Waals surface area contributed by atoms with Crippen molar-refractivity contribution in [3.8, 4) is 0 Å². The van der Waals surface area contributed by atoms with Crippen molar-refractivity contribution in [1.82, 2.24) is 0 Å². The molecule has 0 heterocycles. The second-order valence-corrected chi connectivity index (χ2v) is 1.000. The Balaban J connectivity index is -0.0000000160. The van der Waals surface area contributed by atoms with Gasteiger partial charge in [0.1, 0.15) is 0 Å². The van der Waals surface area contributed by atoms with E-state index in [0.29, 0.717) is 0 Å². The molecule has 0 aliphatic carbocycles. The van der Waals surface area contributed by atoms with E-state index in [1.807, 2.05) is 13.8 Å². The summed E-state index contributed by atoms with van der Waals surface area (Å²) in [5.41, 5.74) is 0. The molecule has 0 radical (unpaired) electrons. The van der Waals surface area contributed by atoms with Crippen LogP contribution in [0.1, 0.15) is 26.7 Å². The van der Waals surface area contributed by atoms with Gasteiger partial charge in [-0.1, -0.05) is 13.8 Å².